The van der Waals surface area contributed by atoms with Crippen molar-refractivity contribution >= 4 is 5.91 Å². The Bertz CT molecular complexity index is 541. The minimum atomic E-state index is 0.0452. The molecule has 6 nitrogen and oxygen atoms in total. The Kier molecular flexibility index (Phi) is 3.31. The molecule has 1 amide bonds. The monoisotopic (exact) mass is 259 g/mol. The summed E-state index contributed by atoms with van der Waals surface area (Å²) in [6.45, 7) is 0.518. The van der Waals surface area contributed by atoms with Gasteiger partial charge in [-0.05, 0) is 30.9 Å². The third kappa shape index (κ3) is 3.21. The number of rotatable bonds is 6. The molecule has 3 N–H and O–H groups in total. The number of aromatic nitrogens is 4. The standard InChI is InChI=1S/C13H17N5O/c19-13(4-1-9-6-15-16-7-9)14-8-11-5-12(18-17-11)10-2-3-10/h5-7,10H,1-4,8H2,(H,14,19)(H,15,16)(H,17,18). The van der Waals surface area contributed by atoms with Crippen LogP contribution >= 0.6 is 0 Å². The van der Waals surface area contributed by atoms with Crippen LogP contribution in [0.4, 0.5) is 0 Å². The van der Waals surface area contributed by atoms with Crippen LogP contribution in [0.5, 0.6) is 0 Å². The molecule has 0 bridgehead atoms. The van der Waals surface area contributed by atoms with Gasteiger partial charge < -0.3 is 5.32 Å². The van der Waals surface area contributed by atoms with Gasteiger partial charge in [0.1, 0.15) is 0 Å². The predicted molar refractivity (Wildman–Crippen MR) is 69.3 cm³/mol. The molecule has 6 heteroatoms. The number of amides is 1. The smallest absolute Gasteiger partial charge is 0.220 e. The van der Waals surface area contributed by atoms with Crippen molar-refractivity contribution in [3.05, 3.63) is 35.4 Å². The van der Waals surface area contributed by atoms with Crippen molar-refractivity contribution in [3.8, 4) is 0 Å². The third-order valence-corrected chi connectivity index (χ3v) is 3.32. The van der Waals surface area contributed by atoms with Gasteiger partial charge in [0.2, 0.25) is 5.91 Å². The number of hydrogen-bond acceptors (Lipinski definition) is 3. The summed E-state index contributed by atoms with van der Waals surface area (Å²) in [6, 6.07) is 2.05. The first-order valence-electron chi connectivity index (χ1n) is 6.60. The molecular formula is C13H17N5O. The number of hydrogen-bond donors (Lipinski definition) is 3. The Labute approximate surface area is 111 Å². The summed E-state index contributed by atoms with van der Waals surface area (Å²) in [5.41, 5.74) is 3.15. The molecule has 19 heavy (non-hydrogen) atoms. The molecule has 1 aliphatic rings. The predicted octanol–water partition coefficient (Wildman–Crippen LogP) is 1.26. The first-order chi connectivity index (χ1) is 9.31. The van der Waals surface area contributed by atoms with Crippen molar-refractivity contribution in [1.82, 2.24) is 25.7 Å². The van der Waals surface area contributed by atoms with Crippen LogP contribution in [0.3, 0.4) is 0 Å². The summed E-state index contributed by atoms with van der Waals surface area (Å²) < 4.78 is 0. The van der Waals surface area contributed by atoms with Gasteiger partial charge in [-0.3, -0.25) is 15.0 Å². The Morgan fingerprint density at radius 2 is 2.37 bits per heavy atom. The zero-order valence-corrected chi connectivity index (χ0v) is 10.6. The van der Waals surface area contributed by atoms with E-state index in [0.29, 0.717) is 25.3 Å². The van der Waals surface area contributed by atoms with E-state index in [4.69, 9.17) is 0 Å². The molecule has 1 fully saturated rings. The minimum Gasteiger partial charge on any atom is -0.350 e. The van der Waals surface area contributed by atoms with Crippen molar-refractivity contribution in [2.45, 2.75) is 38.1 Å². The molecule has 3 rings (SSSR count). The highest BCUT2D eigenvalue weighted by Crippen LogP contribution is 2.38. The summed E-state index contributed by atoms with van der Waals surface area (Å²) in [7, 11) is 0. The number of carbonyl (C=O) groups excluding carboxylic acids is 1. The molecule has 1 saturated carbocycles. The van der Waals surface area contributed by atoms with Crippen molar-refractivity contribution in [1.29, 1.82) is 0 Å². The highest BCUT2D eigenvalue weighted by molar-refractivity contribution is 5.76. The lowest BCUT2D eigenvalue weighted by Crippen LogP contribution is -2.23. The Hall–Kier alpha value is -2.11. The van der Waals surface area contributed by atoms with E-state index in [1.54, 1.807) is 6.20 Å². The van der Waals surface area contributed by atoms with E-state index >= 15 is 0 Å². The number of aryl methyl sites for hydroxylation is 1. The summed E-state index contributed by atoms with van der Waals surface area (Å²) in [5, 5.41) is 16.7. The van der Waals surface area contributed by atoms with Gasteiger partial charge in [-0.25, -0.2) is 0 Å². The fourth-order valence-electron chi connectivity index (χ4n) is 2.01. The zero-order valence-electron chi connectivity index (χ0n) is 10.6. The summed E-state index contributed by atoms with van der Waals surface area (Å²) in [6.07, 6.45) is 7.21. The maximum atomic E-state index is 11.7. The van der Waals surface area contributed by atoms with E-state index < -0.39 is 0 Å². The van der Waals surface area contributed by atoms with Crippen LogP contribution < -0.4 is 5.32 Å². The van der Waals surface area contributed by atoms with Gasteiger partial charge in [0.05, 0.1) is 24.1 Å². The van der Waals surface area contributed by atoms with Gasteiger partial charge >= 0.3 is 0 Å². The number of H-pyrrole nitrogens is 2. The first-order valence-corrected chi connectivity index (χ1v) is 6.60. The van der Waals surface area contributed by atoms with Crippen LogP contribution in [0.2, 0.25) is 0 Å². The van der Waals surface area contributed by atoms with Crippen LogP contribution in [0.25, 0.3) is 0 Å². The van der Waals surface area contributed by atoms with E-state index in [1.165, 1.54) is 12.8 Å². The van der Waals surface area contributed by atoms with E-state index in [1.807, 2.05) is 12.3 Å². The normalized spacial score (nSPS) is 14.5. The topological polar surface area (TPSA) is 86.5 Å². The quantitative estimate of drug-likeness (QED) is 0.730. The maximum Gasteiger partial charge on any atom is 0.220 e. The molecule has 0 aliphatic heterocycles. The summed E-state index contributed by atoms with van der Waals surface area (Å²) in [4.78, 5) is 11.7. The largest absolute Gasteiger partial charge is 0.350 e. The van der Waals surface area contributed by atoms with Crippen molar-refractivity contribution in [3.63, 3.8) is 0 Å². The lowest BCUT2D eigenvalue weighted by molar-refractivity contribution is -0.121. The van der Waals surface area contributed by atoms with Gasteiger partial charge in [-0.1, -0.05) is 0 Å². The van der Waals surface area contributed by atoms with Crippen molar-refractivity contribution < 1.29 is 4.79 Å². The Balaban J connectivity index is 1.41. The second-order valence-corrected chi connectivity index (χ2v) is 4.98. The molecule has 1 aliphatic carbocycles. The first kappa shape index (κ1) is 12.0. The van der Waals surface area contributed by atoms with Gasteiger partial charge in [-0.15, -0.1) is 0 Å². The number of aromatic amines is 2. The molecule has 100 valence electrons. The fraction of sp³-hybridized carbons (Fsp3) is 0.462. The number of nitrogens with one attached hydrogen (secondary N) is 3. The lowest BCUT2D eigenvalue weighted by atomic mass is 10.2. The maximum absolute atomic E-state index is 11.7. The SMILES string of the molecule is O=C(CCc1cn[nH]c1)NCc1cc(C2CC2)n[nH]1. The molecule has 0 spiro atoms. The Morgan fingerprint density at radius 1 is 1.47 bits per heavy atom. The molecule has 0 saturated heterocycles. The van der Waals surface area contributed by atoms with E-state index in [2.05, 4.69) is 25.7 Å². The number of carbonyl (C=O) groups is 1. The second kappa shape index (κ2) is 5.26. The lowest BCUT2D eigenvalue weighted by Gasteiger charge is -2.02. The second-order valence-electron chi connectivity index (χ2n) is 4.98. The summed E-state index contributed by atoms with van der Waals surface area (Å²) >= 11 is 0. The van der Waals surface area contributed by atoms with Crippen LogP contribution in [-0.4, -0.2) is 26.3 Å². The summed E-state index contributed by atoms with van der Waals surface area (Å²) in [5.74, 6) is 0.686. The zero-order chi connectivity index (χ0) is 13.1. The average Bonchev–Trinajstić information content (AvgIpc) is 2.95. The molecule has 0 unspecified atom stereocenters. The van der Waals surface area contributed by atoms with Crippen LogP contribution in [-0.2, 0) is 17.8 Å². The number of nitrogens with zero attached hydrogens (tertiary/aromatic N) is 2. The fourth-order valence-corrected chi connectivity index (χ4v) is 2.01. The molecule has 0 radical (unpaired) electrons. The molecule has 2 heterocycles. The Morgan fingerprint density at radius 3 is 3.11 bits per heavy atom. The van der Waals surface area contributed by atoms with Crippen molar-refractivity contribution in [2.75, 3.05) is 0 Å². The molecule has 0 aromatic carbocycles. The van der Waals surface area contributed by atoms with Crippen LogP contribution in [0.1, 0.15) is 42.1 Å². The van der Waals surface area contributed by atoms with E-state index in [-0.39, 0.29) is 5.91 Å². The highest BCUT2D eigenvalue weighted by atomic mass is 16.1. The van der Waals surface area contributed by atoms with Gasteiger partial charge in [0, 0.05) is 18.5 Å². The van der Waals surface area contributed by atoms with Gasteiger partial charge in [0.25, 0.3) is 0 Å². The highest BCUT2D eigenvalue weighted by Gasteiger charge is 2.25. The molecule has 0 atom stereocenters. The third-order valence-electron chi connectivity index (χ3n) is 3.32. The van der Waals surface area contributed by atoms with Crippen LogP contribution in [0.15, 0.2) is 18.5 Å². The van der Waals surface area contributed by atoms with Gasteiger partial charge in [0.15, 0.2) is 0 Å². The van der Waals surface area contributed by atoms with E-state index in [9.17, 15) is 4.79 Å². The van der Waals surface area contributed by atoms with Crippen LogP contribution in [0, 0.1) is 0 Å². The van der Waals surface area contributed by atoms with E-state index in [0.717, 1.165) is 17.0 Å². The molecular weight excluding hydrogens is 242 g/mol. The van der Waals surface area contributed by atoms with Crippen molar-refractivity contribution in [2.24, 2.45) is 0 Å². The molecule has 2 aromatic rings. The molecule has 2 aromatic heterocycles. The minimum absolute atomic E-state index is 0.0452. The van der Waals surface area contributed by atoms with Gasteiger partial charge in [-0.2, -0.15) is 10.2 Å². The average molecular weight is 259 g/mol.